The Hall–Kier alpha value is -0.620. The van der Waals surface area contributed by atoms with E-state index < -0.39 is 21.4 Å². The van der Waals surface area contributed by atoms with Crippen LogP contribution in [0.2, 0.25) is 0 Å². The van der Waals surface area contributed by atoms with Gasteiger partial charge in [0.2, 0.25) is 10.0 Å². The number of carbonyl (C=O) groups is 1. The van der Waals surface area contributed by atoms with Crippen LogP contribution in [0.25, 0.3) is 0 Å². The summed E-state index contributed by atoms with van der Waals surface area (Å²) in [4.78, 5) is 11.5. The van der Waals surface area contributed by atoms with Crippen molar-refractivity contribution in [2.24, 2.45) is 17.3 Å². The molecular weight excluding hydrogens is 254 g/mol. The fourth-order valence-electron chi connectivity index (χ4n) is 2.62. The zero-order valence-corrected chi connectivity index (χ0v) is 11.7. The van der Waals surface area contributed by atoms with Crippen molar-refractivity contribution in [3.05, 3.63) is 0 Å². The predicted molar refractivity (Wildman–Crippen MR) is 67.6 cm³/mol. The molecule has 1 atom stereocenters. The van der Waals surface area contributed by atoms with E-state index in [2.05, 4.69) is 0 Å². The van der Waals surface area contributed by atoms with Crippen LogP contribution in [0.5, 0.6) is 0 Å². The highest BCUT2D eigenvalue weighted by atomic mass is 32.2. The van der Waals surface area contributed by atoms with E-state index in [0.29, 0.717) is 18.9 Å². The van der Waals surface area contributed by atoms with Crippen LogP contribution in [0.1, 0.15) is 33.1 Å². The molecule has 0 bridgehead atoms. The first-order valence-corrected chi connectivity index (χ1v) is 8.10. The van der Waals surface area contributed by atoms with Crippen molar-refractivity contribution in [2.45, 2.75) is 33.1 Å². The maximum atomic E-state index is 12.1. The van der Waals surface area contributed by atoms with Gasteiger partial charge in [-0.15, -0.1) is 0 Å². The van der Waals surface area contributed by atoms with Crippen LogP contribution in [-0.2, 0) is 14.8 Å². The summed E-state index contributed by atoms with van der Waals surface area (Å²) >= 11 is 0. The number of carboxylic acids is 1. The Morgan fingerprint density at radius 1 is 1.44 bits per heavy atom. The third kappa shape index (κ3) is 2.40. The Balaban J connectivity index is 2.13. The van der Waals surface area contributed by atoms with Gasteiger partial charge in [0.15, 0.2) is 0 Å². The molecule has 6 heteroatoms. The molecule has 0 radical (unpaired) electrons. The number of hydrogen-bond donors (Lipinski definition) is 1. The third-order valence-electron chi connectivity index (χ3n) is 4.33. The summed E-state index contributed by atoms with van der Waals surface area (Å²) in [5.41, 5.74) is -0.906. The lowest BCUT2D eigenvalue weighted by Gasteiger charge is -2.28. The fraction of sp³-hybridized carbons (Fsp3) is 0.917. The molecular formula is C12H21NO4S. The number of nitrogens with zero attached hydrogens (tertiary/aromatic N) is 1. The normalized spacial score (nSPS) is 29.9. The van der Waals surface area contributed by atoms with Gasteiger partial charge in [0.1, 0.15) is 0 Å². The Bertz CT molecular complexity index is 441. The lowest BCUT2D eigenvalue weighted by molar-refractivity contribution is -0.150. The molecule has 0 aromatic rings. The van der Waals surface area contributed by atoms with E-state index in [-0.39, 0.29) is 18.2 Å². The molecule has 2 rings (SSSR count). The summed E-state index contributed by atoms with van der Waals surface area (Å²) in [5, 5.41) is 9.39. The van der Waals surface area contributed by atoms with Gasteiger partial charge in [-0.1, -0.05) is 13.8 Å². The predicted octanol–water partition coefficient (Wildman–Crippen LogP) is 1.16. The molecule has 1 aliphatic heterocycles. The van der Waals surface area contributed by atoms with Gasteiger partial charge in [0.25, 0.3) is 0 Å². The minimum atomic E-state index is -3.26. The molecule has 0 amide bonds. The molecule has 1 N–H and O–H groups in total. The second kappa shape index (κ2) is 4.49. The molecule has 5 nitrogen and oxygen atoms in total. The molecule has 1 heterocycles. The minimum Gasteiger partial charge on any atom is -0.481 e. The standard InChI is InChI=1S/C12H21NO4S/c1-9(2)12(11(14)15)5-6-13(8-12)18(16,17)7-10-3-4-10/h9-10H,3-8H2,1-2H3,(H,14,15). The zero-order chi connectivity index (χ0) is 13.6. The Labute approximate surface area is 108 Å². The van der Waals surface area contributed by atoms with Gasteiger partial charge in [0, 0.05) is 13.1 Å². The smallest absolute Gasteiger partial charge is 0.311 e. The van der Waals surface area contributed by atoms with Crippen molar-refractivity contribution in [1.29, 1.82) is 0 Å². The molecule has 2 aliphatic rings. The summed E-state index contributed by atoms with van der Waals surface area (Å²) < 4.78 is 25.7. The quantitative estimate of drug-likeness (QED) is 0.817. The van der Waals surface area contributed by atoms with Crippen LogP contribution in [0.4, 0.5) is 0 Å². The average molecular weight is 275 g/mol. The van der Waals surface area contributed by atoms with Crippen molar-refractivity contribution in [3.63, 3.8) is 0 Å². The van der Waals surface area contributed by atoms with Crippen LogP contribution in [0, 0.1) is 17.3 Å². The van der Waals surface area contributed by atoms with Crippen molar-refractivity contribution >= 4 is 16.0 Å². The lowest BCUT2D eigenvalue weighted by atomic mass is 9.77. The van der Waals surface area contributed by atoms with E-state index in [1.807, 2.05) is 13.8 Å². The largest absolute Gasteiger partial charge is 0.481 e. The monoisotopic (exact) mass is 275 g/mol. The molecule has 0 aromatic heterocycles. The third-order valence-corrected chi connectivity index (χ3v) is 6.32. The van der Waals surface area contributed by atoms with Gasteiger partial charge >= 0.3 is 5.97 Å². The maximum Gasteiger partial charge on any atom is 0.311 e. The molecule has 1 aliphatic carbocycles. The Kier molecular flexibility index (Phi) is 3.44. The van der Waals surface area contributed by atoms with E-state index in [4.69, 9.17) is 0 Å². The summed E-state index contributed by atoms with van der Waals surface area (Å²) in [6, 6.07) is 0. The molecule has 18 heavy (non-hydrogen) atoms. The van der Waals surface area contributed by atoms with Crippen molar-refractivity contribution in [3.8, 4) is 0 Å². The summed E-state index contributed by atoms with van der Waals surface area (Å²) in [6.45, 7) is 4.19. The van der Waals surface area contributed by atoms with Crippen LogP contribution in [-0.4, -0.2) is 42.6 Å². The van der Waals surface area contributed by atoms with Crippen LogP contribution >= 0.6 is 0 Å². The first-order chi connectivity index (χ1) is 8.28. The van der Waals surface area contributed by atoms with Crippen LogP contribution < -0.4 is 0 Å². The molecule has 104 valence electrons. The van der Waals surface area contributed by atoms with Gasteiger partial charge in [-0.25, -0.2) is 12.7 Å². The van der Waals surface area contributed by atoms with Gasteiger partial charge < -0.3 is 5.11 Å². The topological polar surface area (TPSA) is 74.7 Å². The van der Waals surface area contributed by atoms with Crippen LogP contribution in [0.3, 0.4) is 0 Å². The maximum absolute atomic E-state index is 12.1. The molecule has 0 aromatic carbocycles. The fourth-order valence-corrected chi connectivity index (χ4v) is 4.55. The Morgan fingerprint density at radius 2 is 2.06 bits per heavy atom. The lowest BCUT2D eigenvalue weighted by Crippen LogP contribution is -2.41. The molecule has 0 spiro atoms. The highest BCUT2D eigenvalue weighted by Gasteiger charge is 2.50. The SMILES string of the molecule is CC(C)C1(C(=O)O)CCN(S(=O)(=O)CC2CC2)C1. The first-order valence-electron chi connectivity index (χ1n) is 6.49. The van der Waals surface area contributed by atoms with Crippen molar-refractivity contribution < 1.29 is 18.3 Å². The van der Waals surface area contributed by atoms with Gasteiger partial charge in [0.05, 0.1) is 11.2 Å². The van der Waals surface area contributed by atoms with Gasteiger partial charge in [-0.05, 0) is 31.1 Å². The molecule has 1 saturated heterocycles. The van der Waals surface area contributed by atoms with E-state index in [1.54, 1.807) is 0 Å². The molecule has 1 unspecified atom stereocenters. The number of carboxylic acid groups (broad SMARTS) is 1. The summed E-state index contributed by atoms with van der Waals surface area (Å²) in [7, 11) is -3.26. The highest BCUT2D eigenvalue weighted by molar-refractivity contribution is 7.89. The average Bonchev–Trinajstić information content (AvgIpc) is 2.92. The van der Waals surface area contributed by atoms with Crippen LogP contribution in [0.15, 0.2) is 0 Å². The van der Waals surface area contributed by atoms with E-state index in [0.717, 1.165) is 12.8 Å². The van der Waals surface area contributed by atoms with Crippen molar-refractivity contribution in [1.82, 2.24) is 4.31 Å². The summed E-state index contributed by atoms with van der Waals surface area (Å²) in [6.07, 6.45) is 2.40. The van der Waals surface area contributed by atoms with E-state index in [9.17, 15) is 18.3 Å². The number of sulfonamides is 1. The Morgan fingerprint density at radius 3 is 2.44 bits per heavy atom. The van der Waals surface area contributed by atoms with Crippen molar-refractivity contribution in [2.75, 3.05) is 18.8 Å². The second-order valence-electron chi connectivity index (χ2n) is 5.92. The highest BCUT2D eigenvalue weighted by Crippen LogP contribution is 2.40. The number of rotatable bonds is 5. The summed E-state index contributed by atoms with van der Waals surface area (Å²) in [5.74, 6) is -0.438. The van der Waals surface area contributed by atoms with E-state index >= 15 is 0 Å². The molecule has 2 fully saturated rings. The molecule has 1 saturated carbocycles. The zero-order valence-electron chi connectivity index (χ0n) is 10.9. The number of aliphatic carboxylic acids is 1. The van der Waals surface area contributed by atoms with Gasteiger partial charge in [-0.2, -0.15) is 0 Å². The number of hydrogen-bond acceptors (Lipinski definition) is 3. The first kappa shape index (κ1) is 13.8. The van der Waals surface area contributed by atoms with Gasteiger partial charge in [-0.3, -0.25) is 4.79 Å². The van der Waals surface area contributed by atoms with E-state index in [1.165, 1.54) is 4.31 Å². The minimum absolute atomic E-state index is 0.0591. The second-order valence-corrected chi connectivity index (χ2v) is 7.94.